The van der Waals surface area contributed by atoms with Gasteiger partial charge in [0.15, 0.2) is 0 Å². The Morgan fingerprint density at radius 2 is 2.20 bits per heavy atom. The lowest BCUT2D eigenvalue weighted by molar-refractivity contribution is 0.137. The van der Waals surface area contributed by atoms with Gasteiger partial charge in [0.2, 0.25) is 0 Å². The van der Waals surface area contributed by atoms with Crippen molar-refractivity contribution in [2.45, 2.75) is 12.5 Å². The zero-order valence-electron chi connectivity index (χ0n) is 5.89. The highest BCUT2D eigenvalue weighted by Gasteiger charge is 1.99. The molecule has 0 aliphatic rings. The van der Waals surface area contributed by atoms with Gasteiger partial charge in [0.05, 0.1) is 6.10 Å². The van der Waals surface area contributed by atoms with Crippen molar-refractivity contribution in [2.75, 3.05) is 26.4 Å². The van der Waals surface area contributed by atoms with Crippen molar-refractivity contribution in [1.29, 1.82) is 0 Å². The summed E-state index contributed by atoms with van der Waals surface area (Å²) in [4.78, 5) is 0. The van der Waals surface area contributed by atoms with Gasteiger partial charge in [-0.15, -0.1) is 0 Å². The molecule has 0 spiro atoms. The molecule has 0 aromatic heterocycles. The van der Waals surface area contributed by atoms with Crippen LogP contribution in [0.5, 0.6) is 0 Å². The summed E-state index contributed by atoms with van der Waals surface area (Å²) in [5.41, 5.74) is 0. The molecular weight excluding hydrogens is 137 g/mol. The summed E-state index contributed by atoms with van der Waals surface area (Å²) in [5, 5.41) is 19.8. The molecule has 0 heterocycles. The van der Waals surface area contributed by atoms with Gasteiger partial charge in [-0.1, -0.05) is 0 Å². The third-order valence-corrected chi connectivity index (χ3v) is 1.07. The molecule has 0 rings (SSSR count). The third kappa shape index (κ3) is 5.94. The highest BCUT2D eigenvalue weighted by Crippen LogP contribution is 1.81. The van der Waals surface area contributed by atoms with Crippen molar-refractivity contribution in [3.63, 3.8) is 0 Å². The Morgan fingerprint density at radius 3 is 2.70 bits per heavy atom. The van der Waals surface area contributed by atoms with Crippen LogP contribution in [0.3, 0.4) is 0 Å². The van der Waals surface area contributed by atoms with Gasteiger partial charge in [-0.3, -0.25) is 0 Å². The van der Waals surface area contributed by atoms with E-state index >= 15 is 0 Å². The Balaban J connectivity index is 2.89. The second-order valence-corrected chi connectivity index (χ2v) is 2.09. The number of rotatable bonds is 6. The highest BCUT2D eigenvalue weighted by atomic mass is 19.1. The van der Waals surface area contributed by atoms with E-state index in [0.717, 1.165) is 0 Å². The summed E-state index contributed by atoms with van der Waals surface area (Å²) in [7, 11) is 0. The quantitative estimate of drug-likeness (QED) is 0.439. The Kier molecular flexibility index (Phi) is 6.79. The maximum atomic E-state index is 11.6. The molecular formula is C6H14FNO2. The van der Waals surface area contributed by atoms with Crippen LogP contribution in [0.2, 0.25) is 0 Å². The van der Waals surface area contributed by atoms with Gasteiger partial charge in [0.25, 0.3) is 0 Å². The van der Waals surface area contributed by atoms with E-state index in [9.17, 15) is 4.39 Å². The largest absolute Gasteiger partial charge is 0.396 e. The molecule has 4 heteroatoms. The van der Waals surface area contributed by atoms with Gasteiger partial charge in [-0.05, 0) is 13.0 Å². The maximum Gasteiger partial charge on any atom is 0.117 e. The summed E-state index contributed by atoms with van der Waals surface area (Å²) in [6, 6.07) is 0. The highest BCUT2D eigenvalue weighted by molar-refractivity contribution is 4.56. The first-order valence-corrected chi connectivity index (χ1v) is 3.37. The smallest absolute Gasteiger partial charge is 0.117 e. The van der Waals surface area contributed by atoms with E-state index in [2.05, 4.69) is 5.32 Å². The predicted octanol–water partition coefficient (Wildman–Crippen LogP) is -0.711. The number of hydrogen-bond donors (Lipinski definition) is 3. The molecule has 0 aromatic rings. The minimum absolute atomic E-state index is 0.124. The lowest BCUT2D eigenvalue weighted by atomic mass is 10.3. The van der Waals surface area contributed by atoms with Gasteiger partial charge in [0.1, 0.15) is 6.67 Å². The van der Waals surface area contributed by atoms with Gasteiger partial charge >= 0.3 is 0 Å². The van der Waals surface area contributed by atoms with Crippen molar-refractivity contribution in [2.24, 2.45) is 0 Å². The normalized spacial score (nSPS) is 13.5. The van der Waals surface area contributed by atoms with Crippen LogP contribution in [0, 0.1) is 0 Å². The standard InChI is InChI=1S/C6H14FNO2/c7-4-6(10)5-8-2-1-3-9/h6,8-10H,1-5H2. The SMILES string of the molecule is OCCCNCC(O)CF. The number of hydrogen-bond acceptors (Lipinski definition) is 3. The second-order valence-electron chi connectivity index (χ2n) is 2.09. The molecule has 0 aliphatic carbocycles. The Hall–Kier alpha value is -0.190. The van der Waals surface area contributed by atoms with Crippen molar-refractivity contribution in [3.8, 4) is 0 Å². The third-order valence-electron chi connectivity index (χ3n) is 1.07. The van der Waals surface area contributed by atoms with E-state index in [1.807, 2.05) is 0 Å². The Bertz CT molecular complexity index is 72.8. The molecule has 0 amide bonds. The predicted molar refractivity (Wildman–Crippen MR) is 36.6 cm³/mol. The van der Waals surface area contributed by atoms with E-state index in [0.29, 0.717) is 13.0 Å². The molecule has 3 nitrogen and oxygen atoms in total. The zero-order chi connectivity index (χ0) is 7.82. The van der Waals surface area contributed by atoms with Crippen LogP contribution < -0.4 is 5.32 Å². The lowest BCUT2D eigenvalue weighted by Crippen LogP contribution is -2.29. The van der Waals surface area contributed by atoms with Gasteiger partial charge in [-0.2, -0.15) is 0 Å². The summed E-state index contributed by atoms with van der Waals surface area (Å²) in [6.07, 6.45) is -0.266. The zero-order valence-corrected chi connectivity index (χ0v) is 5.89. The molecule has 0 fully saturated rings. The molecule has 1 atom stereocenters. The first-order chi connectivity index (χ1) is 4.81. The summed E-state index contributed by atoms with van der Waals surface area (Å²) >= 11 is 0. The first kappa shape index (κ1) is 9.81. The number of aliphatic hydroxyl groups is 2. The van der Waals surface area contributed by atoms with Crippen molar-refractivity contribution in [1.82, 2.24) is 5.32 Å². The molecule has 0 aromatic carbocycles. The van der Waals surface area contributed by atoms with Crippen LogP contribution in [0.4, 0.5) is 4.39 Å². The molecule has 10 heavy (non-hydrogen) atoms. The van der Waals surface area contributed by atoms with Crippen molar-refractivity contribution >= 4 is 0 Å². The summed E-state index contributed by atoms with van der Waals surface area (Å²) in [6.45, 7) is 0.287. The maximum absolute atomic E-state index is 11.6. The van der Waals surface area contributed by atoms with Crippen molar-refractivity contribution < 1.29 is 14.6 Å². The minimum Gasteiger partial charge on any atom is -0.396 e. The van der Waals surface area contributed by atoms with Crippen LogP contribution in [0.25, 0.3) is 0 Å². The van der Waals surface area contributed by atoms with Crippen LogP contribution in [0.15, 0.2) is 0 Å². The molecule has 0 bridgehead atoms. The fourth-order valence-electron chi connectivity index (χ4n) is 0.527. The molecule has 0 aliphatic heterocycles. The Morgan fingerprint density at radius 1 is 1.50 bits per heavy atom. The average Bonchev–Trinajstić information content (AvgIpc) is 1.98. The van der Waals surface area contributed by atoms with Crippen LogP contribution in [0.1, 0.15) is 6.42 Å². The molecule has 62 valence electrons. The molecule has 1 unspecified atom stereocenters. The summed E-state index contributed by atoms with van der Waals surface area (Å²) < 4.78 is 11.6. The van der Waals surface area contributed by atoms with Crippen LogP contribution in [-0.4, -0.2) is 42.7 Å². The van der Waals surface area contributed by atoms with E-state index in [1.165, 1.54) is 0 Å². The average molecular weight is 151 g/mol. The minimum atomic E-state index is -0.904. The number of aliphatic hydroxyl groups excluding tert-OH is 2. The second kappa shape index (κ2) is 6.92. The van der Waals surface area contributed by atoms with Gasteiger partial charge < -0.3 is 15.5 Å². The van der Waals surface area contributed by atoms with E-state index in [-0.39, 0.29) is 13.2 Å². The fourth-order valence-corrected chi connectivity index (χ4v) is 0.527. The van der Waals surface area contributed by atoms with E-state index < -0.39 is 12.8 Å². The topological polar surface area (TPSA) is 52.5 Å². The fraction of sp³-hybridized carbons (Fsp3) is 1.00. The van der Waals surface area contributed by atoms with Gasteiger partial charge in [-0.25, -0.2) is 4.39 Å². The van der Waals surface area contributed by atoms with E-state index in [1.54, 1.807) is 0 Å². The van der Waals surface area contributed by atoms with Crippen molar-refractivity contribution in [3.05, 3.63) is 0 Å². The molecule has 0 radical (unpaired) electrons. The molecule has 0 saturated heterocycles. The number of alkyl halides is 1. The lowest BCUT2D eigenvalue weighted by Gasteiger charge is -2.06. The number of halogens is 1. The molecule has 3 N–H and O–H groups in total. The first-order valence-electron chi connectivity index (χ1n) is 3.37. The molecule has 0 saturated carbocycles. The monoisotopic (exact) mass is 151 g/mol. The van der Waals surface area contributed by atoms with Gasteiger partial charge in [0, 0.05) is 13.2 Å². The van der Waals surface area contributed by atoms with Crippen LogP contribution in [-0.2, 0) is 0 Å². The van der Waals surface area contributed by atoms with Crippen LogP contribution >= 0.6 is 0 Å². The summed E-state index contributed by atoms with van der Waals surface area (Å²) in [5.74, 6) is 0. The van der Waals surface area contributed by atoms with E-state index in [4.69, 9.17) is 10.2 Å². The number of nitrogens with one attached hydrogen (secondary N) is 1. The Labute approximate surface area is 59.9 Å².